The molecule has 0 aliphatic carbocycles. The van der Waals surface area contributed by atoms with Crippen LogP contribution in [-0.4, -0.2) is 33.3 Å². The summed E-state index contributed by atoms with van der Waals surface area (Å²) in [7, 11) is 0. The van der Waals surface area contributed by atoms with Gasteiger partial charge in [-0.3, -0.25) is 0 Å². The lowest BCUT2D eigenvalue weighted by Gasteiger charge is -2.13. The van der Waals surface area contributed by atoms with E-state index in [1.165, 1.54) is 0 Å². The van der Waals surface area contributed by atoms with Gasteiger partial charge >= 0.3 is 5.97 Å². The fourth-order valence-electron chi connectivity index (χ4n) is 2.69. The number of aryl methyl sites for hydroxylation is 1. The summed E-state index contributed by atoms with van der Waals surface area (Å²) in [6, 6.07) is 5.20. The van der Waals surface area contributed by atoms with E-state index in [9.17, 15) is 9.90 Å². The number of ether oxygens (including phenoxy) is 1. The lowest BCUT2D eigenvalue weighted by molar-refractivity contribution is 0.0697. The molecule has 1 aromatic heterocycles. The van der Waals surface area contributed by atoms with Crippen molar-refractivity contribution in [3.8, 4) is 0 Å². The summed E-state index contributed by atoms with van der Waals surface area (Å²) in [6.07, 6.45) is 2.26. The molecular formula is C14H16N2O3. The molecule has 2 aromatic rings. The van der Waals surface area contributed by atoms with Gasteiger partial charge in [-0.25, -0.2) is 9.78 Å². The van der Waals surface area contributed by atoms with E-state index in [1.807, 2.05) is 17.6 Å². The number of benzene rings is 1. The van der Waals surface area contributed by atoms with Crippen LogP contribution in [0.1, 0.15) is 29.0 Å². The largest absolute Gasteiger partial charge is 0.478 e. The Balaban J connectivity index is 2.10. The summed E-state index contributed by atoms with van der Waals surface area (Å²) in [5, 5.41) is 9.31. The number of hydrogen-bond acceptors (Lipinski definition) is 3. The number of aromatic carboxylic acids is 1. The second kappa shape index (κ2) is 4.66. The monoisotopic (exact) mass is 260 g/mol. The highest BCUT2D eigenvalue weighted by Gasteiger charge is 2.21. The van der Waals surface area contributed by atoms with Gasteiger partial charge in [0, 0.05) is 6.61 Å². The van der Waals surface area contributed by atoms with Gasteiger partial charge in [0.2, 0.25) is 0 Å². The van der Waals surface area contributed by atoms with Gasteiger partial charge in [0.1, 0.15) is 5.82 Å². The molecule has 0 amide bonds. The maximum Gasteiger partial charge on any atom is 0.337 e. The molecule has 1 aliphatic heterocycles. The van der Waals surface area contributed by atoms with Gasteiger partial charge in [-0.2, -0.15) is 0 Å². The van der Waals surface area contributed by atoms with Crippen LogP contribution < -0.4 is 0 Å². The van der Waals surface area contributed by atoms with Crippen LogP contribution >= 0.6 is 0 Å². The highest BCUT2D eigenvalue weighted by Crippen LogP contribution is 2.23. The summed E-state index contributed by atoms with van der Waals surface area (Å²) in [5.41, 5.74) is 1.73. The minimum atomic E-state index is -0.918. The number of fused-ring (bicyclic) bond motifs is 1. The lowest BCUT2D eigenvalue weighted by atomic mass is 10.1. The molecule has 100 valence electrons. The van der Waals surface area contributed by atoms with Crippen LogP contribution in [0.2, 0.25) is 0 Å². The van der Waals surface area contributed by atoms with Crippen LogP contribution in [0.25, 0.3) is 11.0 Å². The predicted molar refractivity (Wildman–Crippen MR) is 70.4 cm³/mol. The molecule has 0 saturated carbocycles. The Labute approximate surface area is 110 Å². The van der Waals surface area contributed by atoms with Crippen LogP contribution in [0.4, 0.5) is 0 Å². The number of carboxylic acid groups (broad SMARTS) is 1. The topological polar surface area (TPSA) is 64.3 Å². The van der Waals surface area contributed by atoms with Gasteiger partial charge in [0.05, 0.1) is 29.2 Å². The van der Waals surface area contributed by atoms with Gasteiger partial charge in [-0.1, -0.05) is 6.07 Å². The zero-order valence-electron chi connectivity index (χ0n) is 10.8. The van der Waals surface area contributed by atoms with Crippen molar-refractivity contribution in [3.63, 3.8) is 0 Å². The molecule has 0 radical (unpaired) electrons. The molecule has 5 heteroatoms. The molecule has 19 heavy (non-hydrogen) atoms. The van der Waals surface area contributed by atoms with Crippen LogP contribution in [0.15, 0.2) is 18.2 Å². The predicted octanol–water partition coefficient (Wildman–Crippen LogP) is 2.22. The molecule has 1 atom stereocenters. The van der Waals surface area contributed by atoms with Crippen molar-refractivity contribution in [1.29, 1.82) is 0 Å². The maximum absolute atomic E-state index is 11.3. The van der Waals surface area contributed by atoms with Crippen molar-refractivity contribution in [2.75, 3.05) is 6.61 Å². The Bertz CT molecular complexity index is 627. The average Bonchev–Trinajstić information content (AvgIpc) is 2.98. The SMILES string of the molecule is Cc1nc2cccc(C(=O)O)c2n1CC1CCCO1. The van der Waals surface area contributed by atoms with Crippen LogP contribution in [-0.2, 0) is 11.3 Å². The van der Waals surface area contributed by atoms with Crippen LogP contribution in [0, 0.1) is 6.92 Å². The average molecular weight is 260 g/mol. The summed E-state index contributed by atoms with van der Waals surface area (Å²) in [5.74, 6) is -0.0849. The maximum atomic E-state index is 11.3. The number of hydrogen-bond donors (Lipinski definition) is 1. The normalized spacial score (nSPS) is 19.1. The fraction of sp³-hybridized carbons (Fsp3) is 0.429. The minimum Gasteiger partial charge on any atom is -0.478 e. The minimum absolute atomic E-state index is 0.165. The zero-order chi connectivity index (χ0) is 13.4. The summed E-state index contributed by atoms with van der Waals surface area (Å²) >= 11 is 0. The van der Waals surface area contributed by atoms with Crippen LogP contribution in [0.5, 0.6) is 0 Å². The third-order valence-corrected chi connectivity index (χ3v) is 3.60. The van der Waals surface area contributed by atoms with E-state index in [0.29, 0.717) is 17.6 Å². The number of carbonyl (C=O) groups is 1. The molecule has 1 aliphatic rings. The van der Waals surface area contributed by atoms with E-state index in [4.69, 9.17) is 4.74 Å². The van der Waals surface area contributed by atoms with Gasteiger partial charge in [-0.05, 0) is 31.9 Å². The summed E-state index contributed by atoms with van der Waals surface area (Å²) in [6.45, 7) is 3.37. The molecule has 1 aromatic carbocycles. The molecular weight excluding hydrogens is 244 g/mol. The van der Waals surface area contributed by atoms with Crippen molar-refractivity contribution in [2.45, 2.75) is 32.4 Å². The van der Waals surface area contributed by atoms with E-state index in [0.717, 1.165) is 30.8 Å². The fourth-order valence-corrected chi connectivity index (χ4v) is 2.69. The molecule has 1 saturated heterocycles. The quantitative estimate of drug-likeness (QED) is 0.919. The number of carboxylic acids is 1. The van der Waals surface area contributed by atoms with E-state index in [2.05, 4.69) is 4.98 Å². The van der Waals surface area contributed by atoms with Crippen molar-refractivity contribution >= 4 is 17.0 Å². The van der Waals surface area contributed by atoms with Crippen molar-refractivity contribution in [1.82, 2.24) is 9.55 Å². The standard InChI is InChI=1S/C14H16N2O3/c1-9-15-12-6-2-5-11(14(17)18)13(12)16(9)8-10-4-3-7-19-10/h2,5-6,10H,3-4,7-8H2,1H3,(H,17,18). The molecule has 1 N–H and O–H groups in total. The van der Waals surface area contributed by atoms with E-state index < -0.39 is 5.97 Å². The molecule has 1 fully saturated rings. The Hall–Kier alpha value is -1.88. The first-order chi connectivity index (χ1) is 9.16. The zero-order valence-corrected chi connectivity index (χ0v) is 10.8. The lowest BCUT2D eigenvalue weighted by Crippen LogP contribution is -2.17. The summed E-state index contributed by atoms with van der Waals surface area (Å²) < 4.78 is 7.60. The third kappa shape index (κ3) is 2.10. The van der Waals surface area contributed by atoms with Gasteiger partial charge in [-0.15, -0.1) is 0 Å². The summed E-state index contributed by atoms with van der Waals surface area (Å²) in [4.78, 5) is 15.8. The number of aromatic nitrogens is 2. The molecule has 0 spiro atoms. The Kier molecular flexibility index (Phi) is 2.98. The second-order valence-electron chi connectivity index (χ2n) is 4.88. The number of rotatable bonds is 3. The number of imidazole rings is 1. The highest BCUT2D eigenvalue weighted by atomic mass is 16.5. The Morgan fingerprint density at radius 2 is 2.42 bits per heavy atom. The molecule has 2 heterocycles. The second-order valence-corrected chi connectivity index (χ2v) is 4.88. The van der Waals surface area contributed by atoms with E-state index in [1.54, 1.807) is 12.1 Å². The first kappa shape index (κ1) is 12.2. The Morgan fingerprint density at radius 1 is 1.58 bits per heavy atom. The first-order valence-corrected chi connectivity index (χ1v) is 6.47. The van der Waals surface area contributed by atoms with Crippen molar-refractivity contribution in [3.05, 3.63) is 29.6 Å². The van der Waals surface area contributed by atoms with Crippen molar-refractivity contribution < 1.29 is 14.6 Å². The third-order valence-electron chi connectivity index (χ3n) is 3.60. The van der Waals surface area contributed by atoms with Crippen molar-refractivity contribution in [2.24, 2.45) is 0 Å². The number of para-hydroxylation sites is 1. The number of nitrogens with zero attached hydrogens (tertiary/aromatic N) is 2. The van der Waals surface area contributed by atoms with Crippen LogP contribution in [0.3, 0.4) is 0 Å². The van der Waals surface area contributed by atoms with Gasteiger partial charge in [0.15, 0.2) is 0 Å². The highest BCUT2D eigenvalue weighted by molar-refractivity contribution is 6.01. The van der Waals surface area contributed by atoms with Gasteiger partial charge in [0.25, 0.3) is 0 Å². The molecule has 5 nitrogen and oxygen atoms in total. The molecule has 1 unspecified atom stereocenters. The van der Waals surface area contributed by atoms with E-state index >= 15 is 0 Å². The van der Waals surface area contributed by atoms with Gasteiger partial charge < -0.3 is 14.4 Å². The molecule has 3 rings (SSSR count). The smallest absolute Gasteiger partial charge is 0.337 e. The van der Waals surface area contributed by atoms with E-state index in [-0.39, 0.29) is 6.10 Å². The first-order valence-electron chi connectivity index (χ1n) is 6.47. The Morgan fingerprint density at radius 3 is 3.11 bits per heavy atom. The molecule has 0 bridgehead atoms.